The second-order valence-corrected chi connectivity index (χ2v) is 4.24. The van der Waals surface area contributed by atoms with E-state index in [2.05, 4.69) is 36.0 Å². The van der Waals surface area contributed by atoms with Gasteiger partial charge in [-0.15, -0.1) is 0 Å². The summed E-state index contributed by atoms with van der Waals surface area (Å²) < 4.78 is 0. The Labute approximate surface area is 63.0 Å². The monoisotopic (exact) mass is 182 g/mol. The van der Waals surface area contributed by atoms with Gasteiger partial charge in [0, 0.05) is 0 Å². The Morgan fingerprint density at radius 3 is 2.44 bits per heavy atom. The van der Waals surface area contributed by atoms with Crippen molar-refractivity contribution in [3.63, 3.8) is 0 Å². The molecule has 1 aromatic rings. The first-order valence-corrected chi connectivity index (χ1v) is 6.70. The summed E-state index contributed by atoms with van der Waals surface area (Å²) in [6.45, 7) is 0. The zero-order valence-corrected chi connectivity index (χ0v) is 7.69. The molecule has 0 aromatic heterocycles. The van der Waals surface area contributed by atoms with Gasteiger partial charge in [-0.1, -0.05) is 0 Å². The van der Waals surface area contributed by atoms with E-state index in [0.29, 0.717) is 15.8 Å². The molecule has 1 atom stereocenters. The molecule has 1 rings (SSSR count). The SMILES string of the molecule is C[AsH]Cc1ccccc1. The van der Waals surface area contributed by atoms with Gasteiger partial charge in [0.2, 0.25) is 0 Å². The fourth-order valence-electron chi connectivity index (χ4n) is 0.800. The predicted molar refractivity (Wildman–Crippen MR) is 43.2 cm³/mol. The van der Waals surface area contributed by atoms with Gasteiger partial charge in [-0.05, 0) is 0 Å². The molecule has 0 fully saturated rings. The minimum atomic E-state index is 0.318. The van der Waals surface area contributed by atoms with Crippen LogP contribution in [0.5, 0.6) is 0 Å². The van der Waals surface area contributed by atoms with Gasteiger partial charge in [-0.3, -0.25) is 0 Å². The Morgan fingerprint density at radius 1 is 1.22 bits per heavy atom. The molecule has 0 bridgehead atoms. The van der Waals surface area contributed by atoms with Gasteiger partial charge >= 0.3 is 62.6 Å². The standard InChI is InChI=1S/C8H11As/c1-9-7-8-5-3-2-4-6-8/h2-6,9H,7H2,1H3. The molecular formula is C8H11As. The van der Waals surface area contributed by atoms with Crippen LogP contribution in [-0.4, -0.2) is 15.8 Å². The molecule has 1 aromatic carbocycles. The van der Waals surface area contributed by atoms with Crippen molar-refractivity contribution in [2.24, 2.45) is 0 Å². The predicted octanol–water partition coefficient (Wildman–Crippen LogP) is 1.67. The Balaban J connectivity index is 2.61. The normalized spacial score (nSPS) is 10.8. The van der Waals surface area contributed by atoms with E-state index in [9.17, 15) is 0 Å². The summed E-state index contributed by atoms with van der Waals surface area (Å²) >= 11 is 0.318. The van der Waals surface area contributed by atoms with Crippen LogP contribution in [0.4, 0.5) is 0 Å². The van der Waals surface area contributed by atoms with Crippen molar-refractivity contribution >= 4 is 15.8 Å². The van der Waals surface area contributed by atoms with E-state index in [1.54, 1.807) is 0 Å². The van der Waals surface area contributed by atoms with Crippen LogP contribution in [0.15, 0.2) is 30.3 Å². The van der Waals surface area contributed by atoms with Crippen LogP contribution < -0.4 is 0 Å². The molecular weight excluding hydrogens is 171 g/mol. The quantitative estimate of drug-likeness (QED) is 0.610. The van der Waals surface area contributed by atoms with Crippen molar-refractivity contribution in [1.82, 2.24) is 0 Å². The maximum atomic E-state index is 2.33. The van der Waals surface area contributed by atoms with Gasteiger partial charge in [0.15, 0.2) is 0 Å². The first-order valence-electron chi connectivity index (χ1n) is 3.12. The Bertz CT molecular complexity index is 157. The molecule has 0 aliphatic heterocycles. The van der Waals surface area contributed by atoms with Crippen molar-refractivity contribution in [2.45, 2.75) is 10.9 Å². The van der Waals surface area contributed by atoms with Gasteiger partial charge in [0.25, 0.3) is 0 Å². The van der Waals surface area contributed by atoms with Gasteiger partial charge in [0.05, 0.1) is 0 Å². The van der Waals surface area contributed by atoms with E-state index in [-0.39, 0.29) is 0 Å². The molecule has 0 radical (unpaired) electrons. The third-order valence-corrected chi connectivity index (χ3v) is 2.82. The van der Waals surface area contributed by atoms with Gasteiger partial charge in [-0.2, -0.15) is 0 Å². The molecule has 0 heterocycles. The first-order chi connectivity index (χ1) is 4.43. The summed E-state index contributed by atoms with van der Waals surface area (Å²) in [7, 11) is 0. The van der Waals surface area contributed by atoms with E-state index >= 15 is 0 Å². The average molecular weight is 182 g/mol. The van der Waals surface area contributed by atoms with Crippen molar-refractivity contribution in [3.05, 3.63) is 35.9 Å². The summed E-state index contributed by atoms with van der Waals surface area (Å²) in [5.74, 6) is 0. The van der Waals surface area contributed by atoms with E-state index < -0.39 is 0 Å². The molecule has 0 aliphatic carbocycles. The summed E-state index contributed by atoms with van der Waals surface area (Å²) in [6.07, 6.45) is 0. The molecule has 48 valence electrons. The molecule has 1 unspecified atom stereocenters. The van der Waals surface area contributed by atoms with Gasteiger partial charge in [0.1, 0.15) is 0 Å². The van der Waals surface area contributed by atoms with E-state index in [1.165, 1.54) is 10.8 Å². The van der Waals surface area contributed by atoms with Crippen LogP contribution >= 0.6 is 0 Å². The molecule has 0 saturated heterocycles. The van der Waals surface area contributed by atoms with Crippen molar-refractivity contribution in [3.8, 4) is 0 Å². The fourth-order valence-corrected chi connectivity index (χ4v) is 2.15. The average Bonchev–Trinajstić information content (AvgIpc) is 1.91. The molecule has 0 spiro atoms. The second kappa shape index (κ2) is 3.74. The van der Waals surface area contributed by atoms with Crippen LogP contribution in [0.1, 0.15) is 5.56 Å². The molecule has 0 N–H and O–H groups in total. The minimum absolute atomic E-state index is 0.318. The van der Waals surface area contributed by atoms with Crippen molar-refractivity contribution in [1.29, 1.82) is 0 Å². The molecule has 0 nitrogen and oxygen atoms in total. The zero-order valence-electron chi connectivity index (χ0n) is 5.59. The second-order valence-electron chi connectivity index (χ2n) is 2.02. The van der Waals surface area contributed by atoms with Crippen LogP contribution in [0.3, 0.4) is 0 Å². The third kappa shape index (κ3) is 2.24. The van der Waals surface area contributed by atoms with E-state index in [0.717, 1.165) is 0 Å². The number of hydrogen-bond acceptors (Lipinski definition) is 0. The van der Waals surface area contributed by atoms with Crippen LogP contribution in [0, 0.1) is 0 Å². The van der Waals surface area contributed by atoms with Gasteiger partial charge < -0.3 is 0 Å². The Morgan fingerprint density at radius 2 is 1.89 bits per heavy atom. The zero-order chi connectivity index (χ0) is 6.53. The molecule has 9 heavy (non-hydrogen) atoms. The van der Waals surface area contributed by atoms with Crippen LogP contribution in [-0.2, 0) is 5.21 Å². The van der Waals surface area contributed by atoms with E-state index in [4.69, 9.17) is 0 Å². The van der Waals surface area contributed by atoms with E-state index in [1.807, 2.05) is 0 Å². The van der Waals surface area contributed by atoms with Crippen LogP contribution in [0.25, 0.3) is 0 Å². The Kier molecular flexibility index (Phi) is 2.86. The number of hydrogen-bond donors (Lipinski definition) is 0. The summed E-state index contributed by atoms with van der Waals surface area (Å²) in [5.41, 5.74) is 3.83. The third-order valence-electron chi connectivity index (χ3n) is 1.22. The van der Waals surface area contributed by atoms with Gasteiger partial charge in [-0.25, -0.2) is 0 Å². The summed E-state index contributed by atoms with van der Waals surface area (Å²) in [4.78, 5) is 0. The van der Waals surface area contributed by atoms with Crippen molar-refractivity contribution in [2.75, 3.05) is 0 Å². The maximum absolute atomic E-state index is 2.33. The summed E-state index contributed by atoms with van der Waals surface area (Å²) in [5, 5.41) is 1.33. The first kappa shape index (κ1) is 6.89. The topological polar surface area (TPSA) is 0 Å². The van der Waals surface area contributed by atoms with Crippen LogP contribution in [0.2, 0.25) is 5.71 Å². The number of benzene rings is 1. The molecule has 0 aliphatic rings. The summed E-state index contributed by atoms with van der Waals surface area (Å²) in [6, 6.07) is 10.7. The molecule has 1 heteroatoms. The molecule has 0 amide bonds. The number of rotatable bonds is 2. The fraction of sp³-hybridized carbons (Fsp3) is 0.250. The van der Waals surface area contributed by atoms with Crippen molar-refractivity contribution < 1.29 is 0 Å². The Hall–Kier alpha value is -0.222. The molecule has 0 saturated carbocycles.